The molecule has 1 aliphatic heterocycles. The third-order valence-corrected chi connectivity index (χ3v) is 5.06. The van der Waals surface area contributed by atoms with E-state index < -0.39 is 11.9 Å². The Balaban J connectivity index is 1.48. The van der Waals surface area contributed by atoms with Crippen LogP contribution < -0.4 is 19.1 Å². The summed E-state index contributed by atoms with van der Waals surface area (Å²) in [5.41, 5.74) is 0.711. The molecule has 0 aromatic heterocycles. The van der Waals surface area contributed by atoms with Crippen LogP contribution in [0.2, 0.25) is 0 Å². The molecule has 0 radical (unpaired) electrons. The number of anilines is 1. The van der Waals surface area contributed by atoms with Gasteiger partial charge in [0.1, 0.15) is 17.2 Å². The summed E-state index contributed by atoms with van der Waals surface area (Å²) in [4.78, 5) is 26.7. The number of hydrogen-bond acceptors (Lipinski definition) is 5. The van der Waals surface area contributed by atoms with Crippen LogP contribution in [0.5, 0.6) is 17.2 Å². The largest absolute Gasteiger partial charge is 0.497 e. The Morgan fingerprint density at radius 1 is 0.897 bits per heavy atom. The van der Waals surface area contributed by atoms with E-state index in [-0.39, 0.29) is 18.9 Å². The van der Waals surface area contributed by atoms with Crippen molar-refractivity contribution in [2.75, 3.05) is 25.7 Å². The summed E-state index contributed by atoms with van der Waals surface area (Å²) in [6, 6.07) is 18.4. The molecule has 1 unspecified atom stereocenters. The van der Waals surface area contributed by atoms with E-state index in [0.29, 0.717) is 17.2 Å². The molecule has 3 aromatic rings. The van der Waals surface area contributed by atoms with Gasteiger partial charge in [0, 0.05) is 24.7 Å². The summed E-state index contributed by atoms with van der Waals surface area (Å²) in [6.07, 6.45) is 0.122. The number of methoxy groups -OCH3 is 2. The first kappa shape index (κ1) is 18.8. The van der Waals surface area contributed by atoms with E-state index in [1.54, 1.807) is 37.3 Å². The zero-order chi connectivity index (χ0) is 20.4. The number of hydrogen-bond donors (Lipinski definition) is 0. The molecule has 1 atom stereocenters. The van der Waals surface area contributed by atoms with Crippen LogP contribution in [0.4, 0.5) is 5.69 Å². The average Bonchev–Trinajstić information content (AvgIpc) is 3.15. The lowest BCUT2D eigenvalue weighted by atomic mass is 10.1. The third kappa shape index (κ3) is 3.87. The van der Waals surface area contributed by atoms with E-state index in [0.717, 1.165) is 16.5 Å². The van der Waals surface area contributed by atoms with E-state index in [9.17, 15) is 9.59 Å². The van der Waals surface area contributed by atoms with E-state index in [2.05, 4.69) is 0 Å². The van der Waals surface area contributed by atoms with Gasteiger partial charge in [-0.2, -0.15) is 0 Å². The molecule has 1 fully saturated rings. The minimum Gasteiger partial charge on any atom is -0.497 e. The van der Waals surface area contributed by atoms with Crippen molar-refractivity contribution >= 4 is 28.3 Å². The van der Waals surface area contributed by atoms with Gasteiger partial charge in [-0.05, 0) is 47.2 Å². The van der Waals surface area contributed by atoms with Crippen molar-refractivity contribution in [3.05, 3.63) is 60.7 Å². The summed E-state index contributed by atoms with van der Waals surface area (Å²) in [7, 11) is 3.18. The molecule has 0 N–H and O–H groups in total. The monoisotopic (exact) mass is 391 g/mol. The molecule has 0 aliphatic carbocycles. The maximum Gasteiger partial charge on any atom is 0.316 e. The van der Waals surface area contributed by atoms with Crippen molar-refractivity contribution in [1.82, 2.24) is 0 Å². The van der Waals surface area contributed by atoms with E-state index >= 15 is 0 Å². The lowest BCUT2D eigenvalue weighted by Crippen LogP contribution is -2.27. The quantitative estimate of drug-likeness (QED) is 0.489. The minimum absolute atomic E-state index is 0.108. The number of esters is 1. The Morgan fingerprint density at radius 2 is 1.59 bits per heavy atom. The Hall–Kier alpha value is -3.54. The topological polar surface area (TPSA) is 65.1 Å². The van der Waals surface area contributed by atoms with Gasteiger partial charge in [-0.25, -0.2) is 0 Å². The van der Waals surface area contributed by atoms with Gasteiger partial charge in [-0.3, -0.25) is 9.59 Å². The molecule has 148 valence electrons. The number of ether oxygens (including phenoxy) is 3. The van der Waals surface area contributed by atoms with Crippen molar-refractivity contribution in [2.24, 2.45) is 5.92 Å². The predicted molar refractivity (Wildman–Crippen MR) is 110 cm³/mol. The van der Waals surface area contributed by atoms with Crippen LogP contribution in [0, 0.1) is 5.92 Å². The van der Waals surface area contributed by atoms with Crippen LogP contribution >= 0.6 is 0 Å². The molecule has 1 heterocycles. The molecule has 3 aromatic carbocycles. The van der Waals surface area contributed by atoms with Crippen molar-refractivity contribution < 1.29 is 23.8 Å². The second-order valence-electron chi connectivity index (χ2n) is 6.90. The highest BCUT2D eigenvalue weighted by Crippen LogP contribution is 2.30. The summed E-state index contributed by atoms with van der Waals surface area (Å²) >= 11 is 0. The van der Waals surface area contributed by atoms with Crippen LogP contribution in [0.3, 0.4) is 0 Å². The SMILES string of the molecule is COc1cccc(N2CC(C(=O)Oc3ccc4ccc(OC)cc4c3)CC2=O)c1. The van der Waals surface area contributed by atoms with Crippen molar-refractivity contribution in [3.63, 3.8) is 0 Å². The number of benzene rings is 3. The fourth-order valence-electron chi connectivity index (χ4n) is 3.49. The summed E-state index contributed by atoms with van der Waals surface area (Å²) in [5.74, 6) is 0.802. The molecule has 1 amide bonds. The zero-order valence-corrected chi connectivity index (χ0v) is 16.3. The van der Waals surface area contributed by atoms with Gasteiger partial charge >= 0.3 is 5.97 Å². The lowest BCUT2D eigenvalue weighted by molar-refractivity contribution is -0.139. The van der Waals surface area contributed by atoms with Gasteiger partial charge in [-0.1, -0.05) is 18.2 Å². The van der Waals surface area contributed by atoms with Crippen LogP contribution in [0.25, 0.3) is 10.8 Å². The highest BCUT2D eigenvalue weighted by Gasteiger charge is 2.36. The van der Waals surface area contributed by atoms with Crippen LogP contribution in [0.15, 0.2) is 60.7 Å². The number of fused-ring (bicyclic) bond motifs is 1. The number of amides is 1. The van der Waals surface area contributed by atoms with Gasteiger partial charge in [0.2, 0.25) is 5.91 Å². The van der Waals surface area contributed by atoms with Crippen molar-refractivity contribution in [3.8, 4) is 17.2 Å². The maximum atomic E-state index is 12.7. The summed E-state index contributed by atoms with van der Waals surface area (Å²) in [6.45, 7) is 0.284. The average molecular weight is 391 g/mol. The van der Waals surface area contributed by atoms with Crippen molar-refractivity contribution in [1.29, 1.82) is 0 Å². The second-order valence-corrected chi connectivity index (χ2v) is 6.90. The normalized spacial score (nSPS) is 16.1. The fraction of sp³-hybridized carbons (Fsp3) is 0.217. The van der Waals surface area contributed by atoms with E-state index in [4.69, 9.17) is 14.2 Å². The third-order valence-electron chi connectivity index (χ3n) is 5.06. The first-order chi connectivity index (χ1) is 14.1. The smallest absolute Gasteiger partial charge is 0.316 e. The van der Waals surface area contributed by atoms with Gasteiger partial charge in [0.15, 0.2) is 0 Å². The van der Waals surface area contributed by atoms with Gasteiger partial charge in [-0.15, -0.1) is 0 Å². The number of carbonyl (C=O) groups excluding carboxylic acids is 2. The Morgan fingerprint density at radius 3 is 2.34 bits per heavy atom. The molecule has 4 rings (SSSR count). The number of carbonyl (C=O) groups is 2. The van der Waals surface area contributed by atoms with Gasteiger partial charge < -0.3 is 19.1 Å². The molecule has 0 saturated carbocycles. The lowest BCUT2D eigenvalue weighted by Gasteiger charge is -2.17. The first-order valence-corrected chi connectivity index (χ1v) is 9.31. The van der Waals surface area contributed by atoms with Crippen LogP contribution in [0.1, 0.15) is 6.42 Å². The highest BCUT2D eigenvalue weighted by molar-refractivity contribution is 6.00. The summed E-state index contributed by atoms with van der Waals surface area (Å²) in [5, 5.41) is 1.93. The molecule has 1 aliphatic rings. The number of rotatable bonds is 5. The maximum absolute atomic E-state index is 12.7. The van der Waals surface area contributed by atoms with E-state index in [1.807, 2.05) is 42.5 Å². The van der Waals surface area contributed by atoms with Crippen LogP contribution in [-0.2, 0) is 9.59 Å². The van der Waals surface area contributed by atoms with Gasteiger partial charge in [0.05, 0.1) is 20.1 Å². The molecule has 29 heavy (non-hydrogen) atoms. The molecule has 1 saturated heterocycles. The molecule has 6 nitrogen and oxygen atoms in total. The second kappa shape index (κ2) is 7.83. The van der Waals surface area contributed by atoms with Crippen LogP contribution in [-0.4, -0.2) is 32.6 Å². The molecular weight excluding hydrogens is 370 g/mol. The van der Waals surface area contributed by atoms with Gasteiger partial charge in [0.25, 0.3) is 0 Å². The Bertz CT molecular complexity index is 1080. The molecule has 0 bridgehead atoms. The Kier molecular flexibility index (Phi) is 5.08. The zero-order valence-electron chi connectivity index (χ0n) is 16.3. The molecule has 6 heteroatoms. The number of nitrogens with zero attached hydrogens (tertiary/aromatic N) is 1. The summed E-state index contributed by atoms with van der Waals surface area (Å²) < 4.78 is 16.0. The molecule has 0 spiro atoms. The minimum atomic E-state index is -0.519. The standard InChI is InChI=1S/C23H21NO5/c1-27-19-5-3-4-18(13-19)24-14-17(12-22(24)25)23(26)29-21-9-7-15-6-8-20(28-2)10-16(15)11-21/h3-11,13,17H,12,14H2,1-2H3. The fourth-order valence-corrected chi connectivity index (χ4v) is 3.49. The van der Waals surface area contributed by atoms with Crippen molar-refractivity contribution in [2.45, 2.75) is 6.42 Å². The highest BCUT2D eigenvalue weighted by atomic mass is 16.5. The van der Waals surface area contributed by atoms with E-state index in [1.165, 1.54) is 0 Å². The first-order valence-electron chi connectivity index (χ1n) is 9.31. The predicted octanol–water partition coefficient (Wildman–Crippen LogP) is 3.82. The molecular formula is C23H21NO5. The Labute approximate surface area is 168 Å².